The molecule has 0 unspecified atom stereocenters. The fraction of sp³-hybridized carbons (Fsp3) is 0.321. The molecule has 1 aliphatic heterocycles. The summed E-state index contributed by atoms with van der Waals surface area (Å²) in [5.41, 5.74) is 4.16. The molecule has 4 rings (SSSR count). The quantitative estimate of drug-likeness (QED) is 0.477. The van der Waals surface area contributed by atoms with Gasteiger partial charge < -0.3 is 10.2 Å². The van der Waals surface area contributed by atoms with E-state index in [-0.39, 0.29) is 0 Å². The predicted molar refractivity (Wildman–Crippen MR) is 135 cm³/mol. The Kier molecular flexibility index (Phi) is 10.4. The van der Waals surface area contributed by atoms with Crippen LogP contribution in [0.15, 0.2) is 85.2 Å². The van der Waals surface area contributed by atoms with E-state index in [4.69, 9.17) is 19.8 Å². The molecule has 1 fully saturated rings. The average Bonchev–Trinajstić information content (AvgIpc) is 2.89. The molecule has 35 heavy (non-hydrogen) atoms. The van der Waals surface area contributed by atoms with E-state index < -0.39 is 11.9 Å². The van der Waals surface area contributed by atoms with Gasteiger partial charge in [0.25, 0.3) is 0 Å². The number of nitrogens with zero attached hydrogens (tertiary/aromatic N) is 3. The smallest absolute Gasteiger partial charge is 0.414 e. The minimum absolute atomic E-state index is 0.657. The van der Waals surface area contributed by atoms with Gasteiger partial charge in [-0.05, 0) is 55.1 Å². The summed E-state index contributed by atoms with van der Waals surface area (Å²) in [4.78, 5) is 27.7. The van der Waals surface area contributed by atoms with Crippen LogP contribution in [0.25, 0.3) is 0 Å². The van der Waals surface area contributed by atoms with Crippen molar-refractivity contribution in [3.05, 3.63) is 102 Å². The monoisotopic (exact) mass is 475 g/mol. The summed E-state index contributed by atoms with van der Waals surface area (Å²) in [7, 11) is 0. The lowest BCUT2D eigenvalue weighted by Gasteiger charge is -2.38. The van der Waals surface area contributed by atoms with Crippen molar-refractivity contribution >= 4 is 11.9 Å². The summed E-state index contributed by atoms with van der Waals surface area (Å²) in [6.45, 7) is 5.50. The summed E-state index contributed by atoms with van der Waals surface area (Å²) >= 11 is 0. The van der Waals surface area contributed by atoms with Crippen LogP contribution in [-0.4, -0.2) is 62.6 Å². The molecule has 0 spiro atoms. The molecule has 0 atom stereocenters. The Morgan fingerprint density at radius 3 is 1.94 bits per heavy atom. The maximum atomic E-state index is 9.10. The molecular formula is C28H33N3O4. The number of hydrogen-bond donors (Lipinski definition) is 2. The van der Waals surface area contributed by atoms with Gasteiger partial charge in [0.15, 0.2) is 0 Å². The maximum Gasteiger partial charge on any atom is 0.414 e. The van der Waals surface area contributed by atoms with Gasteiger partial charge in [0.2, 0.25) is 0 Å². The molecule has 0 saturated carbocycles. The van der Waals surface area contributed by atoms with Gasteiger partial charge in [-0.2, -0.15) is 0 Å². The van der Waals surface area contributed by atoms with Gasteiger partial charge in [0, 0.05) is 38.1 Å². The Labute approximate surface area is 206 Å². The minimum Gasteiger partial charge on any atom is -0.473 e. The Morgan fingerprint density at radius 2 is 1.40 bits per heavy atom. The zero-order valence-electron chi connectivity index (χ0n) is 19.9. The predicted octanol–water partition coefficient (Wildman–Crippen LogP) is 3.95. The van der Waals surface area contributed by atoms with E-state index in [0.717, 1.165) is 39.1 Å². The van der Waals surface area contributed by atoms with E-state index >= 15 is 0 Å². The highest BCUT2D eigenvalue weighted by Gasteiger charge is 2.24. The van der Waals surface area contributed by atoms with Crippen molar-refractivity contribution in [3.8, 4) is 0 Å². The van der Waals surface area contributed by atoms with E-state index in [0.29, 0.717) is 6.04 Å². The number of benzene rings is 2. The summed E-state index contributed by atoms with van der Waals surface area (Å²) in [5, 5.41) is 14.8. The van der Waals surface area contributed by atoms with Crippen LogP contribution < -0.4 is 0 Å². The van der Waals surface area contributed by atoms with Crippen LogP contribution >= 0.6 is 0 Å². The number of likely N-dealkylation sites (tertiary alicyclic amines) is 1. The molecule has 0 amide bonds. The van der Waals surface area contributed by atoms with Crippen molar-refractivity contribution in [1.29, 1.82) is 0 Å². The first-order valence-corrected chi connectivity index (χ1v) is 11.9. The van der Waals surface area contributed by atoms with Gasteiger partial charge in [0.05, 0.1) is 0 Å². The second kappa shape index (κ2) is 14.0. The Morgan fingerprint density at radius 1 is 0.829 bits per heavy atom. The molecule has 2 aromatic carbocycles. The molecule has 1 saturated heterocycles. The van der Waals surface area contributed by atoms with Crippen molar-refractivity contribution in [1.82, 2.24) is 14.8 Å². The average molecular weight is 476 g/mol. The van der Waals surface area contributed by atoms with Crippen LogP contribution in [0, 0.1) is 0 Å². The minimum atomic E-state index is -1.82. The Hall–Kier alpha value is -3.55. The number of aromatic nitrogens is 1. The summed E-state index contributed by atoms with van der Waals surface area (Å²) in [6, 6.07) is 26.7. The molecule has 1 aromatic heterocycles. The van der Waals surface area contributed by atoms with Gasteiger partial charge in [-0.3, -0.25) is 14.8 Å². The molecular weight excluding hydrogens is 442 g/mol. The fourth-order valence-corrected chi connectivity index (χ4v) is 4.32. The van der Waals surface area contributed by atoms with E-state index in [9.17, 15) is 0 Å². The lowest BCUT2D eigenvalue weighted by atomic mass is 10.0. The van der Waals surface area contributed by atoms with Gasteiger partial charge in [-0.1, -0.05) is 66.7 Å². The van der Waals surface area contributed by atoms with Gasteiger partial charge in [-0.15, -0.1) is 0 Å². The number of carboxylic acid groups (broad SMARTS) is 2. The molecule has 1 aliphatic rings. The summed E-state index contributed by atoms with van der Waals surface area (Å²) in [5.74, 6) is -3.65. The molecule has 7 nitrogen and oxygen atoms in total. The van der Waals surface area contributed by atoms with Crippen LogP contribution in [0.3, 0.4) is 0 Å². The third-order valence-electron chi connectivity index (χ3n) is 6.14. The zero-order valence-corrected chi connectivity index (χ0v) is 19.9. The molecule has 7 heteroatoms. The van der Waals surface area contributed by atoms with Crippen molar-refractivity contribution in [2.24, 2.45) is 0 Å². The largest absolute Gasteiger partial charge is 0.473 e. The topological polar surface area (TPSA) is 94.0 Å². The number of pyridine rings is 1. The summed E-state index contributed by atoms with van der Waals surface area (Å²) < 4.78 is 0. The van der Waals surface area contributed by atoms with Crippen molar-refractivity contribution in [3.63, 3.8) is 0 Å². The maximum absolute atomic E-state index is 9.10. The number of carboxylic acids is 2. The van der Waals surface area contributed by atoms with Gasteiger partial charge in [0.1, 0.15) is 0 Å². The Bertz CT molecular complexity index is 1010. The lowest BCUT2D eigenvalue weighted by Crippen LogP contribution is -2.45. The first-order valence-electron chi connectivity index (χ1n) is 11.9. The van der Waals surface area contributed by atoms with Crippen molar-refractivity contribution in [2.45, 2.75) is 38.4 Å². The molecule has 0 radical (unpaired) electrons. The van der Waals surface area contributed by atoms with Crippen LogP contribution in [0.4, 0.5) is 0 Å². The zero-order chi connectivity index (χ0) is 24.9. The second-order valence-corrected chi connectivity index (χ2v) is 8.67. The van der Waals surface area contributed by atoms with Crippen LogP contribution in [0.1, 0.15) is 29.5 Å². The first-order chi connectivity index (χ1) is 17.0. The highest BCUT2D eigenvalue weighted by Crippen LogP contribution is 2.21. The molecule has 3 aromatic rings. The molecule has 2 N–H and O–H groups in total. The number of carbonyl (C=O) groups is 2. The SMILES string of the molecule is O=C(O)C(=O)O.c1ccc(CCN(Cc2ccccc2)C2CCN(Cc3cccnc3)CC2)cc1. The highest BCUT2D eigenvalue weighted by atomic mass is 16.4. The number of piperidine rings is 1. The normalized spacial score (nSPS) is 14.2. The standard InChI is InChI=1S/C26H31N3.C2H2O4/c1-3-8-23(9-4-1)13-19-29(22-24-10-5-2-6-11-24)26-14-17-28(18-15-26)21-25-12-7-16-27-20-25;3-1(4)2(5)6/h1-12,16,20,26H,13-15,17-19,21-22H2;(H,3,4)(H,5,6). The lowest BCUT2D eigenvalue weighted by molar-refractivity contribution is -0.159. The van der Waals surface area contributed by atoms with Crippen LogP contribution in [0.2, 0.25) is 0 Å². The first kappa shape index (κ1) is 26.1. The number of aliphatic carboxylic acids is 2. The van der Waals surface area contributed by atoms with Crippen LogP contribution in [0.5, 0.6) is 0 Å². The molecule has 184 valence electrons. The fourth-order valence-electron chi connectivity index (χ4n) is 4.32. The van der Waals surface area contributed by atoms with Crippen molar-refractivity contribution < 1.29 is 19.8 Å². The van der Waals surface area contributed by atoms with Gasteiger partial charge in [-0.25, -0.2) is 9.59 Å². The van der Waals surface area contributed by atoms with E-state index in [1.165, 1.54) is 29.5 Å². The summed E-state index contributed by atoms with van der Waals surface area (Å²) in [6.07, 6.45) is 7.44. The van der Waals surface area contributed by atoms with Crippen LogP contribution in [-0.2, 0) is 29.1 Å². The van der Waals surface area contributed by atoms with E-state index in [1.807, 2.05) is 18.5 Å². The highest BCUT2D eigenvalue weighted by molar-refractivity contribution is 6.27. The number of rotatable bonds is 8. The third kappa shape index (κ3) is 9.31. The molecule has 0 bridgehead atoms. The number of hydrogen-bond acceptors (Lipinski definition) is 5. The molecule has 0 aliphatic carbocycles. The van der Waals surface area contributed by atoms with Crippen molar-refractivity contribution in [2.75, 3.05) is 19.6 Å². The third-order valence-corrected chi connectivity index (χ3v) is 6.14. The Balaban J connectivity index is 0.000000509. The van der Waals surface area contributed by atoms with E-state index in [1.54, 1.807) is 0 Å². The van der Waals surface area contributed by atoms with Gasteiger partial charge >= 0.3 is 11.9 Å². The second-order valence-electron chi connectivity index (χ2n) is 8.67. The van der Waals surface area contributed by atoms with E-state index in [2.05, 4.69) is 81.5 Å². The molecule has 2 heterocycles.